The summed E-state index contributed by atoms with van der Waals surface area (Å²) in [7, 11) is 0. The molecule has 2 aliphatic rings. The molecule has 27 heavy (non-hydrogen) atoms. The van der Waals surface area contributed by atoms with Crippen molar-refractivity contribution in [2.45, 2.75) is 68.6 Å². The zero-order valence-electron chi connectivity index (χ0n) is 15.0. The SMILES string of the molecule is CCCSc1nc(Cl)c([N+](=O)[O-])c(N[C@H]2C3OC(C)(C)OC3[C@@H](O)[C@H]2O)n1. The number of thioether (sulfide) groups is 1. The Kier molecular flexibility index (Phi) is 5.80. The molecule has 10 nitrogen and oxygen atoms in total. The van der Waals surface area contributed by atoms with Crippen molar-refractivity contribution in [1.82, 2.24) is 9.97 Å². The van der Waals surface area contributed by atoms with E-state index in [1.54, 1.807) is 13.8 Å². The maximum atomic E-state index is 11.4. The van der Waals surface area contributed by atoms with Crippen LogP contribution in [0.15, 0.2) is 5.16 Å². The predicted octanol–water partition coefficient (Wildman–Crippen LogP) is 1.58. The second kappa shape index (κ2) is 7.64. The molecule has 0 aromatic carbocycles. The number of aliphatic hydroxyl groups excluding tert-OH is 2. The van der Waals surface area contributed by atoms with E-state index in [2.05, 4.69) is 15.3 Å². The molecule has 1 aromatic rings. The zero-order valence-corrected chi connectivity index (χ0v) is 16.5. The maximum absolute atomic E-state index is 11.4. The highest BCUT2D eigenvalue weighted by atomic mass is 35.5. The van der Waals surface area contributed by atoms with Crippen molar-refractivity contribution in [2.24, 2.45) is 0 Å². The summed E-state index contributed by atoms with van der Waals surface area (Å²) in [6.45, 7) is 5.35. The van der Waals surface area contributed by atoms with Gasteiger partial charge in [-0.05, 0) is 20.3 Å². The van der Waals surface area contributed by atoms with E-state index in [1.165, 1.54) is 11.8 Å². The first-order chi connectivity index (χ1) is 12.6. The summed E-state index contributed by atoms with van der Waals surface area (Å²) in [5, 5.41) is 34.9. The van der Waals surface area contributed by atoms with Crippen LogP contribution in [0.25, 0.3) is 0 Å². The highest BCUT2D eigenvalue weighted by Gasteiger charge is 2.58. The fourth-order valence-electron chi connectivity index (χ4n) is 3.21. The third-order valence-corrected chi connectivity index (χ3v) is 5.63. The van der Waals surface area contributed by atoms with Crippen molar-refractivity contribution >= 4 is 34.9 Å². The number of ether oxygens (including phenoxy) is 2. The van der Waals surface area contributed by atoms with E-state index in [1.807, 2.05) is 6.92 Å². The molecule has 2 heterocycles. The Labute approximate surface area is 164 Å². The van der Waals surface area contributed by atoms with E-state index in [-0.39, 0.29) is 16.1 Å². The summed E-state index contributed by atoms with van der Waals surface area (Å²) >= 11 is 7.31. The summed E-state index contributed by atoms with van der Waals surface area (Å²) in [5.41, 5.74) is -0.499. The van der Waals surface area contributed by atoms with Crippen LogP contribution in [0.5, 0.6) is 0 Å². The van der Waals surface area contributed by atoms with Crippen molar-refractivity contribution in [3.63, 3.8) is 0 Å². The summed E-state index contributed by atoms with van der Waals surface area (Å²) < 4.78 is 11.4. The Hall–Kier alpha value is -1.24. The molecule has 0 radical (unpaired) electrons. The van der Waals surface area contributed by atoms with Gasteiger partial charge in [0.25, 0.3) is 0 Å². The van der Waals surface area contributed by atoms with Crippen molar-refractivity contribution in [1.29, 1.82) is 0 Å². The molecule has 3 N–H and O–H groups in total. The Morgan fingerprint density at radius 3 is 2.59 bits per heavy atom. The summed E-state index contributed by atoms with van der Waals surface area (Å²) in [6, 6.07) is -0.875. The molecule has 5 atom stereocenters. The van der Waals surface area contributed by atoms with Crippen LogP contribution in [-0.2, 0) is 9.47 Å². The van der Waals surface area contributed by atoms with Gasteiger partial charge in [0, 0.05) is 5.75 Å². The van der Waals surface area contributed by atoms with Gasteiger partial charge in [0.15, 0.2) is 10.9 Å². The quantitative estimate of drug-likeness (QED) is 0.204. The smallest absolute Gasteiger partial charge is 0.348 e. The van der Waals surface area contributed by atoms with Gasteiger partial charge in [0.2, 0.25) is 11.0 Å². The van der Waals surface area contributed by atoms with Gasteiger partial charge in [0.05, 0.1) is 11.0 Å². The van der Waals surface area contributed by atoms with Crippen LogP contribution in [-0.4, -0.2) is 67.1 Å². The van der Waals surface area contributed by atoms with Crippen LogP contribution in [0.4, 0.5) is 11.5 Å². The van der Waals surface area contributed by atoms with Gasteiger partial charge in [-0.1, -0.05) is 30.3 Å². The van der Waals surface area contributed by atoms with Crippen LogP contribution in [0.3, 0.4) is 0 Å². The third-order valence-electron chi connectivity index (χ3n) is 4.31. The molecule has 150 valence electrons. The number of aromatic nitrogens is 2. The number of fused-ring (bicyclic) bond motifs is 1. The van der Waals surface area contributed by atoms with E-state index in [0.29, 0.717) is 5.75 Å². The van der Waals surface area contributed by atoms with E-state index in [0.717, 1.165) is 6.42 Å². The molecular weight excluding hydrogens is 400 g/mol. The van der Waals surface area contributed by atoms with Crippen molar-refractivity contribution in [3.8, 4) is 0 Å². The molecule has 1 aliphatic carbocycles. The van der Waals surface area contributed by atoms with Gasteiger partial charge in [0.1, 0.15) is 24.4 Å². The maximum Gasteiger partial charge on any atom is 0.348 e. The molecule has 3 rings (SSSR count). The Morgan fingerprint density at radius 2 is 1.96 bits per heavy atom. The van der Waals surface area contributed by atoms with Crippen molar-refractivity contribution < 1.29 is 24.6 Å². The molecule has 1 aromatic heterocycles. The summed E-state index contributed by atoms with van der Waals surface area (Å²) in [6.07, 6.45) is -3.10. The summed E-state index contributed by atoms with van der Waals surface area (Å²) in [4.78, 5) is 18.9. The van der Waals surface area contributed by atoms with Crippen molar-refractivity contribution in [2.75, 3.05) is 11.1 Å². The Bertz CT molecular complexity index is 739. The fraction of sp³-hybridized carbons (Fsp3) is 0.733. The first kappa shape index (κ1) is 20.5. The average molecular weight is 421 g/mol. The number of nitrogens with one attached hydrogen (secondary N) is 1. The van der Waals surface area contributed by atoms with Gasteiger partial charge in [-0.2, -0.15) is 4.98 Å². The predicted molar refractivity (Wildman–Crippen MR) is 98.0 cm³/mol. The second-order valence-electron chi connectivity index (χ2n) is 6.82. The number of anilines is 1. The average Bonchev–Trinajstić information content (AvgIpc) is 2.99. The summed E-state index contributed by atoms with van der Waals surface area (Å²) in [5.74, 6) is -0.370. The van der Waals surface area contributed by atoms with Crippen molar-refractivity contribution in [3.05, 3.63) is 15.3 Å². The molecule has 0 amide bonds. The third kappa shape index (κ3) is 3.98. The molecule has 1 saturated heterocycles. The first-order valence-corrected chi connectivity index (χ1v) is 9.84. The highest BCUT2D eigenvalue weighted by Crippen LogP contribution is 2.41. The van der Waals surface area contributed by atoms with Crippen LogP contribution in [0.2, 0.25) is 5.15 Å². The van der Waals surface area contributed by atoms with Crippen LogP contribution in [0, 0.1) is 10.1 Å². The topological polar surface area (TPSA) is 140 Å². The zero-order chi connectivity index (χ0) is 19.9. The molecule has 0 spiro atoms. The normalized spacial score (nSPS) is 31.7. The molecule has 0 bridgehead atoms. The van der Waals surface area contributed by atoms with Crippen LogP contribution in [0.1, 0.15) is 27.2 Å². The monoisotopic (exact) mass is 420 g/mol. The lowest BCUT2D eigenvalue weighted by Crippen LogP contribution is -2.42. The second-order valence-corrected chi connectivity index (χ2v) is 8.24. The Morgan fingerprint density at radius 1 is 1.30 bits per heavy atom. The molecule has 2 unspecified atom stereocenters. The molecule has 1 saturated carbocycles. The van der Waals surface area contributed by atoms with Gasteiger partial charge in [-0.3, -0.25) is 10.1 Å². The molecule has 2 fully saturated rings. The van der Waals surface area contributed by atoms with Gasteiger partial charge >= 0.3 is 5.69 Å². The minimum atomic E-state index is -1.27. The number of nitrogens with zero attached hydrogens (tertiary/aromatic N) is 3. The molecule has 12 heteroatoms. The minimum absolute atomic E-state index is 0.135. The van der Waals surface area contributed by atoms with E-state index < -0.39 is 46.9 Å². The Balaban J connectivity index is 1.93. The number of aliphatic hydroxyl groups is 2. The number of halogens is 1. The van der Waals surface area contributed by atoms with E-state index >= 15 is 0 Å². The van der Waals surface area contributed by atoms with E-state index in [4.69, 9.17) is 21.1 Å². The number of nitro groups is 1. The highest BCUT2D eigenvalue weighted by molar-refractivity contribution is 7.99. The minimum Gasteiger partial charge on any atom is -0.388 e. The van der Waals surface area contributed by atoms with E-state index in [9.17, 15) is 20.3 Å². The lowest BCUT2D eigenvalue weighted by Gasteiger charge is -2.26. The van der Waals surface area contributed by atoms with Crippen LogP contribution < -0.4 is 5.32 Å². The molecule has 1 aliphatic heterocycles. The van der Waals surface area contributed by atoms with Crippen LogP contribution >= 0.6 is 23.4 Å². The number of hydrogen-bond donors (Lipinski definition) is 3. The molecular formula is C15H21ClN4O6S. The van der Waals surface area contributed by atoms with Gasteiger partial charge in [-0.15, -0.1) is 0 Å². The van der Waals surface area contributed by atoms with Gasteiger partial charge in [-0.25, -0.2) is 4.98 Å². The fourth-order valence-corrected chi connectivity index (χ4v) is 4.20. The lowest BCUT2D eigenvalue weighted by molar-refractivity contribution is -0.384. The van der Waals surface area contributed by atoms with Gasteiger partial charge < -0.3 is 25.0 Å². The number of rotatable bonds is 6. The standard InChI is InChI=1S/C15H21ClN4O6S/c1-4-5-27-14-18-12(16)7(20(23)24)13(19-14)17-6-8(21)9(22)11-10(6)25-15(2,3)26-11/h6,8-11,21-22H,4-5H2,1-3H3,(H,17,18,19)/t6-,8+,9+,10?,11?/m1/s1. The first-order valence-electron chi connectivity index (χ1n) is 8.47. The largest absolute Gasteiger partial charge is 0.388 e. The lowest BCUT2D eigenvalue weighted by atomic mass is 10.1. The number of hydrogen-bond acceptors (Lipinski definition) is 10.